The van der Waals surface area contributed by atoms with Crippen molar-refractivity contribution in [2.24, 2.45) is 4.99 Å². The van der Waals surface area contributed by atoms with Crippen LogP contribution in [0.15, 0.2) is 4.99 Å². The summed E-state index contributed by atoms with van der Waals surface area (Å²) < 4.78 is 0. The minimum atomic E-state index is 0.627. The van der Waals surface area contributed by atoms with Crippen molar-refractivity contribution in [1.29, 1.82) is 0 Å². The highest BCUT2D eigenvalue weighted by Crippen LogP contribution is 1.88. The maximum Gasteiger partial charge on any atom is 0.192 e. The molecule has 0 aromatic heterocycles. The highest BCUT2D eigenvalue weighted by Gasteiger charge is 1.93. The second-order valence-corrected chi connectivity index (χ2v) is 2.07. The van der Waals surface area contributed by atoms with Crippen molar-refractivity contribution in [2.45, 2.75) is 12.8 Å². The Balaban J connectivity index is 2.44. The van der Waals surface area contributed by atoms with Crippen molar-refractivity contribution in [3.63, 3.8) is 0 Å². The maximum absolute atomic E-state index is 4.78. The van der Waals surface area contributed by atoms with Gasteiger partial charge in [0.2, 0.25) is 0 Å². The van der Waals surface area contributed by atoms with Gasteiger partial charge in [0.25, 0.3) is 0 Å². The van der Waals surface area contributed by atoms with Gasteiger partial charge in [-0.25, -0.2) is 4.99 Å². The summed E-state index contributed by atoms with van der Waals surface area (Å²) in [5.74, 6) is 0. The van der Waals surface area contributed by atoms with Crippen molar-refractivity contribution in [3.05, 3.63) is 0 Å². The third-order valence-electron chi connectivity index (χ3n) is 0.995. The number of nitrogens with one attached hydrogen (secondary N) is 1. The molecular formula is C5H8N2S. The number of aliphatic imine (C=N–C) groups is 1. The summed E-state index contributed by atoms with van der Waals surface area (Å²) in [6.45, 7) is 0.971. The van der Waals surface area contributed by atoms with Crippen LogP contribution in [0.3, 0.4) is 0 Å². The van der Waals surface area contributed by atoms with E-state index in [1.165, 1.54) is 0 Å². The molecule has 44 valence electrons. The van der Waals surface area contributed by atoms with E-state index in [-0.39, 0.29) is 0 Å². The molecule has 8 heavy (non-hydrogen) atoms. The van der Waals surface area contributed by atoms with Crippen LogP contribution in [0.5, 0.6) is 0 Å². The minimum absolute atomic E-state index is 0.627. The normalized spacial score (nSPS) is 19.8. The molecule has 1 rings (SSSR count). The van der Waals surface area contributed by atoms with E-state index in [1.807, 2.05) is 6.21 Å². The molecule has 0 saturated carbocycles. The Morgan fingerprint density at radius 3 is 3.50 bits per heavy atom. The molecule has 0 aliphatic carbocycles. The number of hydrogen-bond donors (Lipinski definition) is 1. The first kappa shape index (κ1) is 5.69. The zero-order valence-electron chi connectivity index (χ0n) is 4.55. The SMILES string of the molecule is S=C1N=CCCCN1. The average Bonchev–Trinajstić information content (AvgIpc) is 1.94. The Hall–Kier alpha value is -0.440. The highest BCUT2D eigenvalue weighted by atomic mass is 32.1. The predicted molar refractivity (Wildman–Crippen MR) is 38.3 cm³/mol. The highest BCUT2D eigenvalue weighted by molar-refractivity contribution is 7.80. The Morgan fingerprint density at radius 1 is 1.75 bits per heavy atom. The molecule has 0 spiro atoms. The molecule has 0 amide bonds. The lowest BCUT2D eigenvalue weighted by atomic mass is 10.3. The van der Waals surface area contributed by atoms with Gasteiger partial charge in [-0.1, -0.05) is 0 Å². The van der Waals surface area contributed by atoms with Crippen molar-refractivity contribution in [2.75, 3.05) is 6.54 Å². The number of nitrogens with zero attached hydrogens (tertiary/aromatic N) is 1. The van der Waals surface area contributed by atoms with E-state index in [4.69, 9.17) is 12.2 Å². The van der Waals surface area contributed by atoms with E-state index in [9.17, 15) is 0 Å². The van der Waals surface area contributed by atoms with Crippen molar-refractivity contribution in [1.82, 2.24) is 5.32 Å². The van der Waals surface area contributed by atoms with Gasteiger partial charge in [-0.15, -0.1) is 0 Å². The Bertz CT molecular complexity index is 120. The molecule has 1 heterocycles. The molecule has 2 nitrogen and oxygen atoms in total. The fourth-order valence-corrected chi connectivity index (χ4v) is 0.758. The van der Waals surface area contributed by atoms with Gasteiger partial charge in [-0.05, 0) is 25.1 Å². The average molecular weight is 128 g/mol. The molecule has 3 heteroatoms. The first-order valence-corrected chi connectivity index (χ1v) is 3.11. The molecule has 0 fully saturated rings. The van der Waals surface area contributed by atoms with Crippen LogP contribution < -0.4 is 5.32 Å². The van der Waals surface area contributed by atoms with Crippen molar-refractivity contribution in [3.8, 4) is 0 Å². The van der Waals surface area contributed by atoms with Gasteiger partial charge in [-0.3, -0.25) is 0 Å². The van der Waals surface area contributed by atoms with Gasteiger partial charge in [0.05, 0.1) is 0 Å². The monoisotopic (exact) mass is 128 g/mol. The second-order valence-electron chi connectivity index (χ2n) is 1.69. The standard InChI is InChI=1S/C5H8N2S/c8-5-6-3-1-2-4-7-5/h3H,1-2,4H2,(H,7,8). The summed E-state index contributed by atoms with van der Waals surface area (Å²) in [7, 11) is 0. The van der Waals surface area contributed by atoms with Gasteiger partial charge in [0.15, 0.2) is 5.11 Å². The molecule has 1 N–H and O–H groups in total. The van der Waals surface area contributed by atoms with E-state index >= 15 is 0 Å². The second kappa shape index (κ2) is 2.77. The number of hydrogen-bond acceptors (Lipinski definition) is 1. The van der Waals surface area contributed by atoms with Gasteiger partial charge < -0.3 is 5.32 Å². The fourth-order valence-electron chi connectivity index (χ4n) is 0.582. The molecule has 0 radical (unpaired) electrons. The van der Waals surface area contributed by atoms with Crippen LogP contribution in [-0.2, 0) is 0 Å². The van der Waals surface area contributed by atoms with Crippen molar-refractivity contribution < 1.29 is 0 Å². The molecule has 0 aromatic carbocycles. The molecule has 0 bridgehead atoms. The summed E-state index contributed by atoms with van der Waals surface area (Å²) in [5, 5.41) is 3.61. The van der Waals surface area contributed by atoms with E-state index < -0.39 is 0 Å². The van der Waals surface area contributed by atoms with Crippen LogP contribution in [0.1, 0.15) is 12.8 Å². The lowest BCUT2D eigenvalue weighted by Crippen LogP contribution is -2.18. The van der Waals surface area contributed by atoms with Crippen LogP contribution >= 0.6 is 12.2 Å². The van der Waals surface area contributed by atoms with E-state index in [0.29, 0.717) is 5.11 Å². The Kier molecular flexibility index (Phi) is 1.97. The van der Waals surface area contributed by atoms with Gasteiger partial charge in [0.1, 0.15) is 0 Å². The summed E-state index contributed by atoms with van der Waals surface area (Å²) in [4.78, 5) is 3.92. The molecule has 0 aromatic rings. The first-order chi connectivity index (χ1) is 3.89. The molecule has 0 atom stereocenters. The fraction of sp³-hybridized carbons (Fsp3) is 0.600. The minimum Gasteiger partial charge on any atom is -0.361 e. The van der Waals surface area contributed by atoms with Crippen LogP contribution in [0, 0.1) is 0 Å². The predicted octanol–water partition coefficient (Wildman–Crippen LogP) is 0.726. The summed E-state index contributed by atoms with van der Waals surface area (Å²) in [6.07, 6.45) is 4.05. The van der Waals surface area contributed by atoms with Crippen LogP contribution in [0.2, 0.25) is 0 Å². The maximum atomic E-state index is 4.78. The lowest BCUT2D eigenvalue weighted by molar-refractivity contribution is 0.825. The van der Waals surface area contributed by atoms with E-state index in [2.05, 4.69) is 10.3 Å². The Labute approximate surface area is 54.0 Å². The lowest BCUT2D eigenvalue weighted by Gasteiger charge is -1.94. The van der Waals surface area contributed by atoms with E-state index in [0.717, 1.165) is 19.4 Å². The largest absolute Gasteiger partial charge is 0.361 e. The van der Waals surface area contributed by atoms with Crippen LogP contribution in [-0.4, -0.2) is 17.9 Å². The van der Waals surface area contributed by atoms with Crippen LogP contribution in [0.25, 0.3) is 0 Å². The molecule has 1 aliphatic heterocycles. The summed E-state index contributed by atoms with van der Waals surface area (Å²) >= 11 is 4.78. The molecule has 0 saturated heterocycles. The number of rotatable bonds is 0. The summed E-state index contributed by atoms with van der Waals surface area (Å²) in [5.41, 5.74) is 0. The van der Waals surface area contributed by atoms with Crippen molar-refractivity contribution >= 4 is 23.5 Å². The molecule has 0 unspecified atom stereocenters. The van der Waals surface area contributed by atoms with Crippen LogP contribution in [0.4, 0.5) is 0 Å². The quantitative estimate of drug-likeness (QED) is 0.486. The third kappa shape index (κ3) is 1.58. The van der Waals surface area contributed by atoms with E-state index in [1.54, 1.807) is 0 Å². The smallest absolute Gasteiger partial charge is 0.192 e. The number of thiocarbonyl (C=S) groups is 1. The first-order valence-electron chi connectivity index (χ1n) is 2.70. The third-order valence-corrected chi connectivity index (χ3v) is 1.24. The van der Waals surface area contributed by atoms with Gasteiger partial charge in [-0.2, -0.15) is 0 Å². The van der Waals surface area contributed by atoms with Gasteiger partial charge in [0, 0.05) is 12.8 Å². The Morgan fingerprint density at radius 2 is 2.62 bits per heavy atom. The topological polar surface area (TPSA) is 24.4 Å². The van der Waals surface area contributed by atoms with Gasteiger partial charge >= 0.3 is 0 Å². The molecule has 1 aliphatic rings. The zero-order valence-corrected chi connectivity index (χ0v) is 5.37. The molecular weight excluding hydrogens is 120 g/mol. The zero-order chi connectivity index (χ0) is 5.82. The summed E-state index contributed by atoms with van der Waals surface area (Å²) in [6, 6.07) is 0.